The summed E-state index contributed by atoms with van der Waals surface area (Å²) in [6, 6.07) is 0.0594. The van der Waals surface area contributed by atoms with Crippen LogP contribution in [0.25, 0.3) is 0 Å². The summed E-state index contributed by atoms with van der Waals surface area (Å²) in [5.74, 6) is 2.94. The van der Waals surface area contributed by atoms with Crippen molar-refractivity contribution in [2.24, 2.45) is 5.92 Å². The summed E-state index contributed by atoms with van der Waals surface area (Å²) < 4.78 is 0. The van der Waals surface area contributed by atoms with Gasteiger partial charge >= 0.3 is 0 Å². The summed E-state index contributed by atoms with van der Waals surface area (Å²) in [5, 5.41) is 6.14. The molecule has 0 radical (unpaired) electrons. The van der Waals surface area contributed by atoms with Crippen molar-refractivity contribution in [1.29, 1.82) is 0 Å². The molecule has 2 rings (SSSR count). The van der Waals surface area contributed by atoms with E-state index in [2.05, 4.69) is 10.6 Å². The molecule has 2 N–H and O–H groups in total. The van der Waals surface area contributed by atoms with E-state index in [0.29, 0.717) is 0 Å². The molecule has 0 aromatic carbocycles. The number of thioether (sulfide) groups is 1. The molecule has 1 aliphatic heterocycles. The second kappa shape index (κ2) is 4.33. The molecule has 0 aromatic heterocycles. The van der Waals surface area contributed by atoms with E-state index in [-0.39, 0.29) is 11.9 Å². The number of nitrogens with one attached hydrogen (secondary N) is 2. The molecule has 74 valence electrons. The highest BCUT2D eigenvalue weighted by Gasteiger charge is 2.24. The standard InChI is InChI=1S/C9H16N2OS/c12-9(8-5-13-6-11-8)10-4-3-7-1-2-7/h7-8,11H,1-6H2,(H,10,12). The Morgan fingerprint density at radius 1 is 1.54 bits per heavy atom. The number of rotatable bonds is 4. The summed E-state index contributed by atoms with van der Waals surface area (Å²) >= 11 is 1.79. The zero-order chi connectivity index (χ0) is 9.10. The normalized spacial score (nSPS) is 27.5. The van der Waals surface area contributed by atoms with Crippen LogP contribution >= 0.6 is 11.8 Å². The predicted molar refractivity (Wildman–Crippen MR) is 54.6 cm³/mol. The monoisotopic (exact) mass is 200 g/mol. The second-order valence-electron chi connectivity index (χ2n) is 3.79. The van der Waals surface area contributed by atoms with Gasteiger partial charge in [-0.3, -0.25) is 10.1 Å². The Morgan fingerprint density at radius 3 is 3.00 bits per heavy atom. The average Bonchev–Trinajstić information content (AvgIpc) is 2.80. The van der Waals surface area contributed by atoms with Crippen LogP contribution in [0.15, 0.2) is 0 Å². The van der Waals surface area contributed by atoms with Gasteiger partial charge in [-0.15, -0.1) is 11.8 Å². The van der Waals surface area contributed by atoms with Crippen LogP contribution in [-0.2, 0) is 4.79 Å². The van der Waals surface area contributed by atoms with Gasteiger partial charge in [0, 0.05) is 18.2 Å². The molecule has 2 aliphatic rings. The van der Waals surface area contributed by atoms with E-state index < -0.39 is 0 Å². The van der Waals surface area contributed by atoms with Gasteiger partial charge < -0.3 is 5.32 Å². The van der Waals surface area contributed by atoms with Gasteiger partial charge in [-0.05, 0) is 12.3 Å². The Kier molecular flexibility index (Phi) is 3.11. The first-order chi connectivity index (χ1) is 6.36. The predicted octanol–water partition coefficient (Wildman–Crippen LogP) is 0.565. The highest BCUT2D eigenvalue weighted by molar-refractivity contribution is 7.99. The van der Waals surface area contributed by atoms with Crippen molar-refractivity contribution in [2.45, 2.75) is 25.3 Å². The van der Waals surface area contributed by atoms with Crippen LogP contribution in [-0.4, -0.2) is 30.1 Å². The number of amides is 1. The fraction of sp³-hybridized carbons (Fsp3) is 0.889. The van der Waals surface area contributed by atoms with Crippen molar-refractivity contribution >= 4 is 17.7 Å². The van der Waals surface area contributed by atoms with E-state index in [1.54, 1.807) is 11.8 Å². The molecular weight excluding hydrogens is 184 g/mol. The molecule has 1 amide bonds. The van der Waals surface area contributed by atoms with Gasteiger partial charge in [-0.2, -0.15) is 0 Å². The molecule has 3 nitrogen and oxygen atoms in total. The smallest absolute Gasteiger partial charge is 0.238 e. The molecule has 1 atom stereocenters. The van der Waals surface area contributed by atoms with Gasteiger partial charge in [0.05, 0.1) is 6.04 Å². The number of carbonyl (C=O) groups is 1. The Labute approximate surface area is 83.0 Å². The van der Waals surface area contributed by atoms with Crippen molar-refractivity contribution in [3.63, 3.8) is 0 Å². The van der Waals surface area contributed by atoms with Gasteiger partial charge in [0.1, 0.15) is 0 Å². The number of carbonyl (C=O) groups excluding carboxylic acids is 1. The van der Waals surface area contributed by atoms with E-state index in [1.807, 2.05) is 0 Å². The van der Waals surface area contributed by atoms with Crippen LogP contribution in [0.3, 0.4) is 0 Å². The maximum absolute atomic E-state index is 11.5. The van der Waals surface area contributed by atoms with Crippen molar-refractivity contribution < 1.29 is 4.79 Å². The first-order valence-electron chi connectivity index (χ1n) is 4.95. The first-order valence-corrected chi connectivity index (χ1v) is 6.10. The van der Waals surface area contributed by atoms with E-state index >= 15 is 0 Å². The summed E-state index contributed by atoms with van der Waals surface area (Å²) in [7, 11) is 0. The molecule has 0 spiro atoms. The quantitative estimate of drug-likeness (QED) is 0.697. The van der Waals surface area contributed by atoms with E-state index in [4.69, 9.17) is 0 Å². The summed E-state index contributed by atoms with van der Waals surface area (Å²) in [6.07, 6.45) is 3.91. The van der Waals surface area contributed by atoms with Crippen LogP contribution in [0.2, 0.25) is 0 Å². The third kappa shape index (κ3) is 2.88. The highest BCUT2D eigenvalue weighted by atomic mass is 32.2. The maximum Gasteiger partial charge on any atom is 0.238 e. The van der Waals surface area contributed by atoms with Crippen molar-refractivity contribution in [2.75, 3.05) is 18.2 Å². The largest absolute Gasteiger partial charge is 0.355 e. The van der Waals surface area contributed by atoms with Crippen LogP contribution in [0.4, 0.5) is 0 Å². The minimum atomic E-state index is 0.0594. The van der Waals surface area contributed by atoms with E-state index in [0.717, 1.165) is 24.1 Å². The molecule has 1 saturated heterocycles. The summed E-state index contributed by atoms with van der Waals surface area (Å²) in [5.41, 5.74) is 0. The summed E-state index contributed by atoms with van der Waals surface area (Å²) in [4.78, 5) is 11.5. The molecule has 0 bridgehead atoms. The number of hydrogen-bond acceptors (Lipinski definition) is 3. The van der Waals surface area contributed by atoms with Gasteiger partial charge in [0.2, 0.25) is 5.91 Å². The Bertz CT molecular complexity index is 188. The lowest BCUT2D eigenvalue weighted by atomic mass is 10.2. The summed E-state index contributed by atoms with van der Waals surface area (Å²) in [6.45, 7) is 0.867. The molecule has 1 saturated carbocycles. The molecule has 1 heterocycles. The zero-order valence-electron chi connectivity index (χ0n) is 7.71. The molecule has 13 heavy (non-hydrogen) atoms. The van der Waals surface area contributed by atoms with Crippen LogP contribution in [0.5, 0.6) is 0 Å². The van der Waals surface area contributed by atoms with Gasteiger partial charge in [0.15, 0.2) is 0 Å². The van der Waals surface area contributed by atoms with Crippen LogP contribution in [0, 0.1) is 5.92 Å². The molecule has 0 aromatic rings. The van der Waals surface area contributed by atoms with Gasteiger partial charge in [0.25, 0.3) is 0 Å². The SMILES string of the molecule is O=C(NCCC1CC1)C1CSCN1. The van der Waals surface area contributed by atoms with Crippen molar-refractivity contribution in [3.05, 3.63) is 0 Å². The lowest BCUT2D eigenvalue weighted by Crippen LogP contribution is -2.42. The zero-order valence-corrected chi connectivity index (χ0v) is 8.53. The maximum atomic E-state index is 11.5. The van der Waals surface area contributed by atoms with Gasteiger partial charge in [-0.25, -0.2) is 0 Å². The topological polar surface area (TPSA) is 41.1 Å². The van der Waals surface area contributed by atoms with Crippen molar-refractivity contribution in [1.82, 2.24) is 10.6 Å². The first kappa shape index (κ1) is 9.34. The van der Waals surface area contributed by atoms with Gasteiger partial charge in [-0.1, -0.05) is 12.8 Å². The molecule has 1 aliphatic carbocycles. The molecular formula is C9H16N2OS. The minimum absolute atomic E-state index is 0.0594. The lowest BCUT2D eigenvalue weighted by Gasteiger charge is -2.09. The fourth-order valence-electron chi connectivity index (χ4n) is 1.49. The van der Waals surface area contributed by atoms with Crippen LogP contribution < -0.4 is 10.6 Å². The molecule has 4 heteroatoms. The van der Waals surface area contributed by atoms with E-state index in [9.17, 15) is 4.79 Å². The molecule has 2 fully saturated rings. The Hall–Kier alpha value is -0.220. The third-order valence-electron chi connectivity index (χ3n) is 2.58. The van der Waals surface area contributed by atoms with E-state index in [1.165, 1.54) is 19.3 Å². The number of hydrogen-bond donors (Lipinski definition) is 2. The Balaban J connectivity index is 1.59. The fourth-order valence-corrected chi connectivity index (χ4v) is 2.43. The highest BCUT2D eigenvalue weighted by Crippen LogP contribution is 2.31. The van der Waals surface area contributed by atoms with Crippen LogP contribution in [0.1, 0.15) is 19.3 Å². The minimum Gasteiger partial charge on any atom is -0.355 e. The lowest BCUT2D eigenvalue weighted by molar-refractivity contribution is -0.122. The second-order valence-corrected chi connectivity index (χ2v) is 4.83. The third-order valence-corrected chi connectivity index (χ3v) is 3.52. The molecule has 1 unspecified atom stereocenters. The average molecular weight is 200 g/mol. The van der Waals surface area contributed by atoms with Crippen molar-refractivity contribution in [3.8, 4) is 0 Å². The Morgan fingerprint density at radius 2 is 2.38 bits per heavy atom.